The van der Waals surface area contributed by atoms with Crippen molar-refractivity contribution in [2.24, 2.45) is 0 Å². The second kappa shape index (κ2) is 25.1. The van der Waals surface area contributed by atoms with Gasteiger partial charge in [-0.3, -0.25) is 0 Å². The van der Waals surface area contributed by atoms with E-state index in [9.17, 15) is 25.9 Å². The van der Waals surface area contributed by atoms with E-state index in [0.717, 1.165) is 38.5 Å². The van der Waals surface area contributed by atoms with Crippen molar-refractivity contribution in [3.05, 3.63) is 0 Å². The summed E-state index contributed by atoms with van der Waals surface area (Å²) in [5, 5.41) is -1.43. The van der Waals surface area contributed by atoms with Gasteiger partial charge in [-0.05, 0) is 26.7 Å². The number of hydrogen-bond donors (Lipinski definition) is 0. The fourth-order valence-electron chi connectivity index (χ4n) is 3.42. The van der Waals surface area contributed by atoms with Crippen LogP contribution >= 0.6 is 0 Å². The van der Waals surface area contributed by atoms with Gasteiger partial charge in [-0.15, -0.1) is 0 Å². The third kappa shape index (κ3) is 29.5. The molecule has 0 N–H and O–H groups in total. The van der Waals surface area contributed by atoms with Gasteiger partial charge in [0.15, 0.2) is 0 Å². The van der Waals surface area contributed by atoms with Gasteiger partial charge in [0.1, 0.15) is 0 Å². The first-order valence-electron chi connectivity index (χ1n) is 12.9. The average Bonchev–Trinajstić information content (AvgIpc) is 2.70. The molecule has 0 spiro atoms. The molecular weight excluding hydrogens is 586 g/mol. The first-order chi connectivity index (χ1) is 15.0. The number of unbranched alkanes of at least 4 members (excludes halogenated alkanes) is 14. The van der Waals surface area contributed by atoms with Crippen molar-refractivity contribution in [2.75, 3.05) is 0 Å². The Morgan fingerprint density at radius 3 is 0.909 bits per heavy atom. The van der Waals surface area contributed by atoms with E-state index in [4.69, 9.17) is 0 Å². The summed E-state index contributed by atoms with van der Waals surface area (Å²) in [7, 11) is -8.12. The summed E-state index contributed by atoms with van der Waals surface area (Å²) in [4.78, 5) is 0. The van der Waals surface area contributed by atoms with Crippen LogP contribution < -0.4 is 0 Å². The second-order valence-corrected chi connectivity index (χ2v) is 12.7. The normalized spacial score (nSPS) is 13.5. The predicted octanol–water partition coefficient (Wildman–Crippen LogP) is 6.52. The molecule has 6 nitrogen and oxygen atoms in total. The Morgan fingerprint density at radius 2 is 0.697 bits per heavy atom. The van der Waals surface area contributed by atoms with E-state index < -0.39 is 30.7 Å². The van der Waals surface area contributed by atoms with Crippen molar-refractivity contribution in [3.63, 3.8) is 0 Å². The molecule has 0 aliphatic rings. The van der Waals surface area contributed by atoms with Crippen LogP contribution in [-0.4, -0.2) is 85.3 Å². The summed E-state index contributed by atoms with van der Waals surface area (Å²) in [6.45, 7) is 7.41. The molecule has 0 heterocycles. The van der Waals surface area contributed by atoms with Crippen LogP contribution in [0.5, 0.6) is 0 Å². The molecule has 0 rings (SSSR count). The van der Waals surface area contributed by atoms with Crippen LogP contribution in [0.15, 0.2) is 0 Å². The Kier molecular flexibility index (Phi) is 29.5. The monoisotopic (exact) mass is 636 g/mol. The minimum absolute atomic E-state index is 0. The maximum Gasteiger partial charge on any atom is 2.00 e. The first-order valence-corrected chi connectivity index (χ1v) is 15.8. The van der Waals surface area contributed by atoms with Gasteiger partial charge in [-0.25, -0.2) is 16.8 Å². The fraction of sp³-hybridized carbons (Fsp3) is 1.00. The van der Waals surface area contributed by atoms with Crippen molar-refractivity contribution in [1.82, 2.24) is 0 Å². The van der Waals surface area contributed by atoms with Crippen LogP contribution in [0.3, 0.4) is 0 Å². The quantitative estimate of drug-likeness (QED) is 0.0855. The smallest absolute Gasteiger partial charge is 0.748 e. The van der Waals surface area contributed by atoms with E-state index in [2.05, 4.69) is 13.8 Å². The molecule has 0 aliphatic carbocycles. The Balaban J connectivity index is -0.000000529. The summed E-state index contributed by atoms with van der Waals surface area (Å²) < 4.78 is 63.7. The van der Waals surface area contributed by atoms with Crippen LogP contribution in [-0.2, 0) is 20.2 Å². The molecular formula is C24H50BaO6S2. The van der Waals surface area contributed by atoms with Gasteiger partial charge in [0.05, 0.1) is 20.2 Å². The maximum atomic E-state index is 10.6. The molecule has 0 aliphatic heterocycles. The van der Waals surface area contributed by atoms with Crippen molar-refractivity contribution >= 4 is 69.1 Å². The molecule has 0 saturated carbocycles. The molecule has 2 unspecified atom stereocenters. The van der Waals surface area contributed by atoms with Crippen LogP contribution in [0.2, 0.25) is 0 Å². The molecule has 0 aromatic heterocycles. The van der Waals surface area contributed by atoms with Crippen molar-refractivity contribution < 1.29 is 25.9 Å². The molecule has 2 atom stereocenters. The topological polar surface area (TPSA) is 114 Å². The van der Waals surface area contributed by atoms with Gasteiger partial charge < -0.3 is 9.11 Å². The zero-order valence-corrected chi connectivity index (χ0v) is 27.9. The van der Waals surface area contributed by atoms with Gasteiger partial charge in [0.25, 0.3) is 0 Å². The van der Waals surface area contributed by atoms with Gasteiger partial charge in [0, 0.05) is 10.5 Å². The molecule has 0 radical (unpaired) electrons. The Labute approximate surface area is 246 Å². The zero-order valence-electron chi connectivity index (χ0n) is 21.9. The third-order valence-electron chi connectivity index (χ3n) is 5.91. The summed E-state index contributed by atoms with van der Waals surface area (Å²) in [6.07, 6.45) is 20.0. The van der Waals surface area contributed by atoms with Crippen molar-refractivity contribution in [1.29, 1.82) is 0 Å². The Morgan fingerprint density at radius 1 is 0.485 bits per heavy atom. The van der Waals surface area contributed by atoms with E-state index in [0.29, 0.717) is 12.8 Å². The van der Waals surface area contributed by atoms with E-state index >= 15 is 0 Å². The molecule has 196 valence electrons. The van der Waals surface area contributed by atoms with E-state index in [1.165, 1.54) is 78.1 Å². The van der Waals surface area contributed by atoms with Gasteiger partial charge >= 0.3 is 48.9 Å². The van der Waals surface area contributed by atoms with Crippen molar-refractivity contribution in [3.8, 4) is 0 Å². The number of rotatable bonds is 20. The standard InChI is InChI=1S/2C12H26O3S.Ba/c2*1-3-4-5-6-7-8-9-10-11-12(2)16(13,14)15;/h2*12H,3-11H2,1-2H3,(H,13,14,15);/q;;+2/p-2. The summed E-state index contributed by atoms with van der Waals surface area (Å²) in [6, 6.07) is 0. The van der Waals surface area contributed by atoms with E-state index in [1.807, 2.05) is 0 Å². The van der Waals surface area contributed by atoms with Gasteiger partial charge in [-0.1, -0.05) is 117 Å². The van der Waals surface area contributed by atoms with E-state index in [1.54, 1.807) is 0 Å². The van der Waals surface area contributed by atoms with Crippen molar-refractivity contribution in [2.45, 2.75) is 154 Å². The molecule has 0 fully saturated rings. The van der Waals surface area contributed by atoms with Gasteiger partial charge in [-0.2, -0.15) is 0 Å². The van der Waals surface area contributed by atoms with Crippen LogP contribution in [0.4, 0.5) is 0 Å². The Bertz CT molecular complexity index is 554. The molecule has 0 amide bonds. The average molecular weight is 636 g/mol. The number of hydrogen-bond acceptors (Lipinski definition) is 6. The van der Waals surface area contributed by atoms with Crippen LogP contribution in [0.25, 0.3) is 0 Å². The Hall–Kier alpha value is 1.39. The largest absolute Gasteiger partial charge is 2.00 e. The summed E-state index contributed by atoms with van der Waals surface area (Å²) in [5.41, 5.74) is 0. The zero-order chi connectivity index (χ0) is 24.9. The third-order valence-corrected chi connectivity index (χ3v) is 8.36. The molecule has 9 heteroatoms. The molecule has 0 aromatic rings. The van der Waals surface area contributed by atoms with E-state index in [-0.39, 0.29) is 48.9 Å². The predicted molar refractivity (Wildman–Crippen MR) is 139 cm³/mol. The van der Waals surface area contributed by atoms with Crippen LogP contribution in [0, 0.1) is 0 Å². The second-order valence-electron chi connectivity index (χ2n) is 9.13. The maximum absolute atomic E-state index is 10.6. The molecule has 0 aromatic carbocycles. The molecule has 0 saturated heterocycles. The minimum atomic E-state index is -4.06. The van der Waals surface area contributed by atoms with Crippen LogP contribution in [0.1, 0.15) is 143 Å². The molecule has 33 heavy (non-hydrogen) atoms. The SMILES string of the molecule is CCCCCCCCCCC(C)S(=O)(=O)[O-].CCCCCCCCCCC(C)S(=O)(=O)[O-].[Ba+2]. The first kappa shape index (κ1) is 38.9. The molecule has 0 bridgehead atoms. The summed E-state index contributed by atoms with van der Waals surface area (Å²) >= 11 is 0. The summed E-state index contributed by atoms with van der Waals surface area (Å²) in [5.74, 6) is 0. The van der Waals surface area contributed by atoms with Gasteiger partial charge in [0.2, 0.25) is 0 Å². The fourth-order valence-corrected chi connectivity index (χ4v) is 4.33. The minimum Gasteiger partial charge on any atom is -0.748 e.